The SMILES string of the molecule is O=C(NCc1ccccc1)C(c1ccc(N2CCOCC2)cc1)N(C(=O)Cn1nnc2ccccc21)c1cccc(F)c1. The zero-order chi connectivity index (χ0) is 29.6. The number of rotatable bonds is 9. The number of hydrogen-bond acceptors (Lipinski definition) is 6. The minimum Gasteiger partial charge on any atom is -0.378 e. The van der Waals surface area contributed by atoms with Gasteiger partial charge in [-0.25, -0.2) is 9.07 Å². The second-order valence-electron chi connectivity index (χ2n) is 10.3. The van der Waals surface area contributed by atoms with Crippen molar-refractivity contribution in [3.63, 3.8) is 0 Å². The Balaban J connectivity index is 1.38. The highest BCUT2D eigenvalue weighted by molar-refractivity contribution is 6.01. The van der Waals surface area contributed by atoms with Crippen molar-refractivity contribution in [3.8, 4) is 0 Å². The van der Waals surface area contributed by atoms with E-state index in [-0.39, 0.29) is 18.8 Å². The number of hydrogen-bond donors (Lipinski definition) is 1. The Labute approximate surface area is 248 Å². The number of benzene rings is 4. The molecule has 2 heterocycles. The molecule has 1 unspecified atom stereocenters. The van der Waals surface area contributed by atoms with Gasteiger partial charge < -0.3 is 15.0 Å². The summed E-state index contributed by atoms with van der Waals surface area (Å²) in [5.41, 5.74) is 4.07. The number of carbonyl (C=O) groups is 2. The number of amides is 2. The second kappa shape index (κ2) is 12.8. The molecule has 4 aromatic carbocycles. The Morgan fingerprint density at radius 3 is 2.42 bits per heavy atom. The van der Waals surface area contributed by atoms with E-state index in [9.17, 15) is 14.0 Å². The maximum atomic E-state index is 14.6. The molecule has 10 heteroatoms. The van der Waals surface area contributed by atoms with Gasteiger partial charge in [0.1, 0.15) is 23.9 Å². The van der Waals surface area contributed by atoms with E-state index in [1.54, 1.807) is 6.07 Å². The Morgan fingerprint density at radius 2 is 1.65 bits per heavy atom. The molecule has 0 saturated carbocycles. The summed E-state index contributed by atoms with van der Waals surface area (Å²) in [4.78, 5) is 31.8. The molecule has 1 N–H and O–H groups in total. The molecule has 0 radical (unpaired) electrons. The third kappa shape index (κ3) is 6.39. The molecule has 1 fully saturated rings. The number of aromatic nitrogens is 3. The molecule has 0 spiro atoms. The third-order valence-corrected chi connectivity index (χ3v) is 7.46. The van der Waals surface area contributed by atoms with Crippen LogP contribution in [0.3, 0.4) is 0 Å². The molecule has 9 nitrogen and oxygen atoms in total. The lowest BCUT2D eigenvalue weighted by atomic mass is 10.0. The molecule has 2 amide bonds. The van der Waals surface area contributed by atoms with Crippen molar-refractivity contribution in [2.75, 3.05) is 36.1 Å². The number of halogens is 1. The van der Waals surface area contributed by atoms with Crippen molar-refractivity contribution in [3.05, 3.63) is 120 Å². The lowest BCUT2D eigenvalue weighted by molar-refractivity contribution is -0.127. The number of nitrogens with one attached hydrogen (secondary N) is 1. The smallest absolute Gasteiger partial charge is 0.249 e. The lowest BCUT2D eigenvalue weighted by Crippen LogP contribution is -2.45. The summed E-state index contributed by atoms with van der Waals surface area (Å²) in [6.07, 6.45) is 0. The van der Waals surface area contributed by atoms with E-state index < -0.39 is 23.7 Å². The van der Waals surface area contributed by atoms with Crippen LogP contribution in [0, 0.1) is 5.82 Å². The van der Waals surface area contributed by atoms with Crippen LogP contribution in [0.2, 0.25) is 0 Å². The number of nitrogens with zero attached hydrogens (tertiary/aromatic N) is 5. The Kier molecular flexibility index (Phi) is 8.37. The maximum Gasteiger partial charge on any atom is 0.249 e. The van der Waals surface area contributed by atoms with Crippen LogP contribution in [0.5, 0.6) is 0 Å². The summed E-state index contributed by atoms with van der Waals surface area (Å²) in [7, 11) is 0. The van der Waals surface area contributed by atoms with Crippen molar-refractivity contribution >= 4 is 34.2 Å². The minimum absolute atomic E-state index is 0.203. The zero-order valence-corrected chi connectivity index (χ0v) is 23.5. The predicted octanol–water partition coefficient (Wildman–Crippen LogP) is 4.50. The van der Waals surface area contributed by atoms with Gasteiger partial charge in [0.15, 0.2) is 0 Å². The number of para-hydroxylation sites is 1. The van der Waals surface area contributed by atoms with E-state index in [0.717, 1.165) is 24.3 Å². The van der Waals surface area contributed by atoms with Gasteiger partial charge in [0.05, 0.1) is 18.7 Å². The molecule has 218 valence electrons. The molecule has 0 aliphatic carbocycles. The first-order valence-electron chi connectivity index (χ1n) is 14.2. The summed E-state index contributed by atoms with van der Waals surface area (Å²) in [6, 6.07) is 29.0. The largest absolute Gasteiger partial charge is 0.378 e. The van der Waals surface area contributed by atoms with Crippen LogP contribution < -0.4 is 15.1 Å². The van der Waals surface area contributed by atoms with Crippen LogP contribution in [0.4, 0.5) is 15.8 Å². The fraction of sp³-hybridized carbons (Fsp3) is 0.212. The van der Waals surface area contributed by atoms with Crippen LogP contribution in [-0.2, 0) is 27.4 Å². The van der Waals surface area contributed by atoms with Crippen LogP contribution in [-0.4, -0.2) is 53.1 Å². The average Bonchev–Trinajstić information content (AvgIpc) is 3.46. The lowest BCUT2D eigenvalue weighted by Gasteiger charge is -2.32. The summed E-state index contributed by atoms with van der Waals surface area (Å²) in [5, 5.41) is 11.3. The molecule has 5 aromatic rings. The van der Waals surface area contributed by atoms with Gasteiger partial charge in [0, 0.05) is 31.0 Å². The quantitative estimate of drug-likeness (QED) is 0.277. The molecule has 0 bridgehead atoms. The third-order valence-electron chi connectivity index (χ3n) is 7.46. The first-order chi connectivity index (χ1) is 21.1. The van der Waals surface area contributed by atoms with Gasteiger partial charge in [-0.2, -0.15) is 0 Å². The van der Waals surface area contributed by atoms with Crippen molar-refractivity contribution in [1.82, 2.24) is 20.3 Å². The van der Waals surface area contributed by atoms with E-state index in [2.05, 4.69) is 20.5 Å². The molecule has 1 atom stereocenters. The molecule has 1 saturated heterocycles. The van der Waals surface area contributed by atoms with Crippen molar-refractivity contribution in [2.45, 2.75) is 19.1 Å². The van der Waals surface area contributed by atoms with Gasteiger partial charge in [0.25, 0.3) is 0 Å². The number of carbonyl (C=O) groups excluding carboxylic acids is 2. The van der Waals surface area contributed by atoms with Crippen LogP contribution in [0.15, 0.2) is 103 Å². The predicted molar refractivity (Wildman–Crippen MR) is 162 cm³/mol. The molecule has 6 rings (SSSR count). The molecule has 1 aliphatic rings. The normalized spacial score (nSPS) is 13.9. The summed E-state index contributed by atoms with van der Waals surface area (Å²) in [6.45, 7) is 2.88. The highest BCUT2D eigenvalue weighted by atomic mass is 19.1. The van der Waals surface area contributed by atoms with Gasteiger partial charge in [-0.15, -0.1) is 5.10 Å². The van der Waals surface area contributed by atoms with Gasteiger partial charge >= 0.3 is 0 Å². The Bertz CT molecular complexity index is 1700. The van der Waals surface area contributed by atoms with Gasteiger partial charge in [-0.1, -0.05) is 65.9 Å². The Morgan fingerprint density at radius 1 is 0.907 bits per heavy atom. The van der Waals surface area contributed by atoms with Crippen LogP contribution in [0.25, 0.3) is 11.0 Å². The van der Waals surface area contributed by atoms with E-state index in [1.165, 1.54) is 27.8 Å². The van der Waals surface area contributed by atoms with Crippen LogP contribution in [0.1, 0.15) is 17.2 Å². The maximum absolute atomic E-state index is 14.6. The standard InChI is InChI=1S/C33H31FN6O3/c34-26-9-6-10-28(21-26)40(31(41)23-39-30-12-5-4-11-29(30)36-37-39)32(33(42)35-22-24-7-2-1-3-8-24)25-13-15-27(16-14-25)38-17-19-43-20-18-38/h1-16,21,32H,17-20,22-23H2,(H,35,42). The fourth-order valence-corrected chi connectivity index (χ4v) is 5.29. The molecular formula is C33H31FN6O3. The van der Waals surface area contributed by atoms with Crippen molar-refractivity contribution in [1.29, 1.82) is 0 Å². The minimum atomic E-state index is -1.09. The highest BCUT2D eigenvalue weighted by Crippen LogP contribution is 2.31. The summed E-state index contributed by atoms with van der Waals surface area (Å²) < 4.78 is 21.6. The van der Waals surface area contributed by atoms with E-state index in [1.807, 2.05) is 78.9 Å². The second-order valence-corrected chi connectivity index (χ2v) is 10.3. The Hall–Kier alpha value is -5.09. The molecule has 43 heavy (non-hydrogen) atoms. The van der Waals surface area contributed by atoms with E-state index in [0.29, 0.717) is 29.8 Å². The monoisotopic (exact) mass is 578 g/mol. The first-order valence-corrected chi connectivity index (χ1v) is 14.2. The first kappa shape index (κ1) is 28.0. The van der Waals surface area contributed by atoms with E-state index in [4.69, 9.17) is 4.74 Å². The highest BCUT2D eigenvalue weighted by Gasteiger charge is 2.33. The molecule has 1 aliphatic heterocycles. The van der Waals surface area contributed by atoms with Crippen LogP contribution >= 0.6 is 0 Å². The molecular weight excluding hydrogens is 547 g/mol. The molecule has 1 aromatic heterocycles. The van der Waals surface area contributed by atoms with E-state index >= 15 is 0 Å². The van der Waals surface area contributed by atoms with Gasteiger partial charge in [0.2, 0.25) is 11.8 Å². The average molecular weight is 579 g/mol. The number of anilines is 2. The summed E-state index contributed by atoms with van der Waals surface area (Å²) >= 11 is 0. The summed E-state index contributed by atoms with van der Waals surface area (Å²) in [5.74, 6) is -1.37. The topological polar surface area (TPSA) is 92.6 Å². The van der Waals surface area contributed by atoms with Crippen molar-refractivity contribution < 1.29 is 18.7 Å². The fourth-order valence-electron chi connectivity index (χ4n) is 5.29. The number of morpholine rings is 1. The zero-order valence-electron chi connectivity index (χ0n) is 23.5. The van der Waals surface area contributed by atoms with Gasteiger partial charge in [-0.05, 0) is 53.6 Å². The number of fused-ring (bicyclic) bond motifs is 1. The van der Waals surface area contributed by atoms with Crippen molar-refractivity contribution in [2.24, 2.45) is 0 Å². The van der Waals surface area contributed by atoms with Gasteiger partial charge in [-0.3, -0.25) is 14.5 Å². The number of ether oxygens (including phenoxy) is 1.